The fraction of sp³-hybridized carbons (Fsp3) is 0.357. The lowest BCUT2D eigenvalue weighted by atomic mass is 10.00. The van der Waals surface area contributed by atoms with E-state index in [-0.39, 0.29) is 0 Å². The first-order valence-corrected chi connectivity index (χ1v) is 7.25. The molecule has 1 N–H and O–H groups in total. The molecule has 2 nitrogen and oxygen atoms in total. The van der Waals surface area contributed by atoms with Crippen LogP contribution in [0.25, 0.3) is 10.9 Å². The first kappa shape index (κ1) is 13.3. The Bertz CT molecular complexity index is 693. The summed E-state index contributed by atoms with van der Waals surface area (Å²) in [7, 11) is 0. The molecule has 0 fully saturated rings. The summed E-state index contributed by atoms with van der Waals surface area (Å²) in [6.07, 6.45) is 0.877. The Morgan fingerprint density at radius 3 is 2.53 bits per heavy atom. The van der Waals surface area contributed by atoms with Crippen molar-refractivity contribution in [2.75, 3.05) is 6.54 Å². The zero-order valence-corrected chi connectivity index (χ0v) is 12.9. The van der Waals surface area contributed by atoms with E-state index in [1.807, 2.05) is 0 Å². The number of benzene rings is 1. The summed E-state index contributed by atoms with van der Waals surface area (Å²) >= 11 is 18.0. The number of aromatic nitrogens is 1. The van der Waals surface area contributed by atoms with Crippen molar-refractivity contribution in [3.63, 3.8) is 0 Å². The quantitative estimate of drug-likeness (QED) is 0.693. The van der Waals surface area contributed by atoms with Crippen LogP contribution in [0.5, 0.6) is 0 Å². The normalized spacial score (nSPS) is 15.5. The van der Waals surface area contributed by atoms with Crippen LogP contribution in [0, 0.1) is 13.8 Å². The summed E-state index contributed by atoms with van der Waals surface area (Å²) < 4.78 is -1.49. The van der Waals surface area contributed by atoms with Gasteiger partial charge in [-0.15, -0.1) is 0 Å². The Labute approximate surface area is 126 Å². The lowest BCUT2D eigenvalue weighted by Gasteiger charge is -2.19. The van der Waals surface area contributed by atoms with E-state index in [1.165, 1.54) is 22.1 Å². The SMILES string of the molecule is Cc1cc2[nH]c3c(c2cc1C)CCN=C3C(Cl)(Cl)Cl. The lowest BCUT2D eigenvalue weighted by molar-refractivity contribution is 0.940. The number of hydrogen-bond acceptors (Lipinski definition) is 1. The minimum Gasteiger partial charge on any atom is -0.353 e. The van der Waals surface area contributed by atoms with E-state index in [1.54, 1.807) is 0 Å². The number of aromatic amines is 1. The molecule has 1 aliphatic heterocycles. The number of hydrogen-bond donors (Lipinski definition) is 1. The molecule has 0 radical (unpaired) electrons. The maximum atomic E-state index is 6.01. The van der Waals surface area contributed by atoms with Crippen molar-refractivity contribution in [1.29, 1.82) is 0 Å². The van der Waals surface area contributed by atoms with Crippen molar-refractivity contribution in [3.8, 4) is 0 Å². The maximum Gasteiger partial charge on any atom is 0.234 e. The zero-order valence-electron chi connectivity index (χ0n) is 10.7. The molecule has 1 aromatic carbocycles. The van der Waals surface area contributed by atoms with Crippen LogP contribution in [-0.4, -0.2) is 21.0 Å². The topological polar surface area (TPSA) is 28.1 Å². The molecular formula is C14H13Cl3N2. The van der Waals surface area contributed by atoms with Gasteiger partial charge in [-0.05, 0) is 49.1 Å². The molecule has 0 saturated heterocycles. The van der Waals surface area contributed by atoms with E-state index in [4.69, 9.17) is 34.8 Å². The fourth-order valence-corrected chi connectivity index (χ4v) is 3.03. The van der Waals surface area contributed by atoms with Gasteiger partial charge in [0.1, 0.15) is 5.71 Å². The molecule has 0 saturated carbocycles. The second-order valence-corrected chi connectivity index (χ2v) is 7.22. The maximum absolute atomic E-state index is 6.01. The molecule has 3 rings (SSSR count). The van der Waals surface area contributed by atoms with Crippen molar-refractivity contribution in [3.05, 3.63) is 34.5 Å². The molecule has 2 aromatic rings. The van der Waals surface area contributed by atoms with E-state index in [2.05, 4.69) is 36.0 Å². The summed E-state index contributed by atoms with van der Waals surface area (Å²) in [6, 6.07) is 4.33. The van der Waals surface area contributed by atoms with Gasteiger partial charge >= 0.3 is 0 Å². The smallest absolute Gasteiger partial charge is 0.234 e. The van der Waals surface area contributed by atoms with Gasteiger partial charge < -0.3 is 4.98 Å². The summed E-state index contributed by atoms with van der Waals surface area (Å²) in [5.74, 6) is 0. The van der Waals surface area contributed by atoms with E-state index >= 15 is 0 Å². The molecular weight excluding hydrogens is 303 g/mol. The number of rotatable bonds is 0. The first-order valence-electron chi connectivity index (χ1n) is 6.12. The molecule has 5 heteroatoms. The highest BCUT2D eigenvalue weighted by Gasteiger charge is 2.34. The van der Waals surface area contributed by atoms with E-state index in [9.17, 15) is 0 Å². The highest BCUT2D eigenvalue weighted by atomic mass is 35.6. The number of nitrogens with zero attached hydrogens (tertiary/aromatic N) is 1. The predicted molar refractivity (Wildman–Crippen MR) is 83.2 cm³/mol. The molecule has 0 amide bonds. The molecule has 0 unspecified atom stereocenters. The number of nitrogens with one attached hydrogen (secondary N) is 1. The molecule has 0 bridgehead atoms. The summed E-state index contributed by atoms with van der Waals surface area (Å²) in [5, 5.41) is 1.21. The largest absolute Gasteiger partial charge is 0.353 e. The monoisotopic (exact) mass is 314 g/mol. The Hall–Kier alpha value is -0.700. The number of halogens is 3. The van der Waals surface area contributed by atoms with Crippen LogP contribution in [0.2, 0.25) is 0 Å². The minimum atomic E-state index is -1.49. The van der Waals surface area contributed by atoms with Crippen LogP contribution < -0.4 is 0 Å². The zero-order chi connectivity index (χ0) is 13.8. The van der Waals surface area contributed by atoms with Crippen LogP contribution >= 0.6 is 34.8 Å². The van der Waals surface area contributed by atoms with Crippen molar-refractivity contribution in [2.24, 2.45) is 4.99 Å². The predicted octanol–water partition coefficient (Wildman–Crippen LogP) is 4.50. The average Bonchev–Trinajstić information content (AvgIpc) is 2.66. The molecule has 2 heterocycles. The van der Waals surface area contributed by atoms with Gasteiger partial charge in [0.05, 0.1) is 5.69 Å². The highest BCUT2D eigenvalue weighted by molar-refractivity contribution is 6.78. The van der Waals surface area contributed by atoms with Crippen LogP contribution in [-0.2, 0) is 6.42 Å². The van der Waals surface area contributed by atoms with Crippen LogP contribution in [0.4, 0.5) is 0 Å². The fourth-order valence-electron chi connectivity index (χ4n) is 2.57. The highest BCUT2D eigenvalue weighted by Crippen LogP contribution is 2.37. The second kappa shape index (κ2) is 4.41. The van der Waals surface area contributed by atoms with Crippen molar-refractivity contribution in [2.45, 2.75) is 24.1 Å². The Kier molecular flexibility index (Phi) is 3.08. The minimum absolute atomic E-state index is 0.519. The number of fused-ring (bicyclic) bond motifs is 3. The van der Waals surface area contributed by atoms with Crippen molar-refractivity contribution in [1.82, 2.24) is 4.98 Å². The van der Waals surface area contributed by atoms with E-state index in [0.29, 0.717) is 12.3 Å². The average molecular weight is 316 g/mol. The molecule has 1 aliphatic rings. The summed E-state index contributed by atoms with van der Waals surface area (Å²) in [6.45, 7) is 4.87. The van der Waals surface area contributed by atoms with E-state index in [0.717, 1.165) is 17.6 Å². The van der Waals surface area contributed by atoms with Gasteiger partial charge in [-0.25, -0.2) is 0 Å². The Morgan fingerprint density at radius 2 is 1.84 bits per heavy atom. The third-order valence-corrected chi connectivity index (χ3v) is 4.19. The molecule has 0 aliphatic carbocycles. The Morgan fingerprint density at radius 1 is 1.16 bits per heavy atom. The van der Waals surface area contributed by atoms with Gasteiger partial charge in [-0.1, -0.05) is 34.8 Å². The number of alkyl halides is 3. The number of aryl methyl sites for hydroxylation is 2. The standard InChI is InChI=1S/C14H13Cl3N2/c1-7-5-10-9-3-4-18-13(14(15,16)17)12(9)19-11(10)6-8(7)2/h5-6,19H,3-4H2,1-2H3. The molecule has 0 atom stereocenters. The van der Waals surface area contributed by atoms with Crippen molar-refractivity contribution >= 4 is 51.4 Å². The van der Waals surface area contributed by atoms with Crippen LogP contribution in [0.1, 0.15) is 22.4 Å². The lowest BCUT2D eigenvalue weighted by Crippen LogP contribution is -2.25. The molecule has 100 valence electrons. The third kappa shape index (κ3) is 2.16. The van der Waals surface area contributed by atoms with Crippen molar-refractivity contribution < 1.29 is 0 Å². The van der Waals surface area contributed by atoms with Gasteiger partial charge in [0.25, 0.3) is 0 Å². The Balaban J connectivity index is 2.29. The number of aliphatic imine (C=N–C) groups is 1. The van der Waals surface area contributed by atoms with Crippen LogP contribution in [0.15, 0.2) is 17.1 Å². The van der Waals surface area contributed by atoms with Crippen LogP contribution in [0.3, 0.4) is 0 Å². The second-order valence-electron chi connectivity index (χ2n) is 4.94. The summed E-state index contributed by atoms with van der Waals surface area (Å²) in [4.78, 5) is 7.73. The summed E-state index contributed by atoms with van der Waals surface area (Å²) in [5.41, 5.74) is 6.19. The van der Waals surface area contributed by atoms with Gasteiger partial charge in [-0.2, -0.15) is 0 Å². The van der Waals surface area contributed by atoms with Gasteiger partial charge in [0.2, 0.25) is 3.79 Å². The van der Waals surface area contributed by atoms with E-state index < -0.39 is 3.79 Å². The number of H-pyrrole nitrogens is 1. The molecule has 0 spiro atoms. The molecule has 1 aromatic heterocycles. The van der Waals surface area contributed by atoms with Gasteiger partial charge in [0, 0.05) is 17.4 Å². The first-order chi connectivity index (χ1) is 8.88. The molecule has 19 heavy (non-hydrogen) atoms. The van der Waals surface area contributed by atoms with Gasteiger partial charge in [0.15, 0.2) is 0 Å². The van der Waals surface area contributed by atoms with Gasteiger partial charge in [-0.3, -0.25) is 4.99 Å². The third-order valence-electron chi connectivity index (χ3n) is 3.66.